The number of carbonyl (C=O) groups is 1. The number of anilines is 1. The van der Waals surface area contributed by atoms with Crippen LogP contribution in [0.15, 0.2) is 78.0 Å². The Kier molecular flexibility index (Phi) is 9.60. The molecule has 1 fully saturated rings. The smallest absolute Gasteiger partial charge is 0.406 e. The molecule has 0 spiro atoms. The molecule has 0 saturated carbocycles. The maximum absolute atomic E-state index is 13.7. The normalized spacial score (nSPS) is 15.4. The van der Waals surface area contributed by atoms with Gasteiger partial charge in [-0.3, -0.25) is 15.1 Å². The van der Waals surface area contributed by atoms with Crippen LogP contribution in [0.1, 0.15) is 29.7 Å². The lowest BCUT2D eigenvalue weighted by Crippen LogP contribution is -2.40. The van der Waals surface area contributed by atoms with Gasteiger partial charge in [-0.05, 0) is 73.6 Å². The molecule has 2 heterocycles. The molecule has 1 aliphatic heterocycles. The number of thiocarbonyl (C=S) groups is 1. The number of thioether (sulfide) groups is 1. The maximum atomic E-state index is 13.7. The summed E-state index contributed by atoms with van der Waals surface area (Å²) in [5.41, 5.74) is 4.27. The fourth-order valence-corrected chi connectivity index (χ4v) is 5.72. The molecule has 3 aromatic carbocycles. The minimum atomic E-state index is -4.79. The predicted octanol–water partition coefficient (Wildman–Crippen LogP) is 7.08. The fraction of sp³-hybridized carbons (Fsp3) is 0.233. The number of nitrogens with zero attached hydrogens (tertiary/aromatic N) is 6. The SMILES string of the molecule is Cc1ccc(C(F)(F)F)c(N2C(=O)CS/C2=N\C(=S)NN(C)C(C)c2ccc(-c3ncn(-c4ccc(OC(F)(F)F)cc4)n3)cc2)c1. The Bertz CT molecular complexity index is 1810. The van der Waals surface area contributed by atoms with Crippen LogP contribution < -0.4 is 15.1 Å². The van der Waals surface area contributed by atoms with Crippen LogP contribution in [0.2, 0.25) is 0 Å². The Morgan fingerprint density at radius 3 is 2.38 bits per heavy atom. The van der Waals surface area contributed by atoms with Gasteiger partial charge in [0.15, 0.2) is 11.0 Å². The van der Waals surface area contributed by atoms with E-state index in [1.54, 1.807) is 31.1 Å². The highest BCUT2D eigenvalue weighted by molar-refractivity contribution is 8.15. The number of rotatable bonds is 7. The zero-order valence-electron chi connectivity index (χ0n) is 24.8. The summed E-state index contributed by atoms with van der Waals surface area (Å²) in [6.45, 7) is 3.52. The number of hydrazine groups is 1. The molecule has 1 unspecified atom stereocenters. The van der Waals surface area contributed by atoms with Crippen LogP contribution in [0.4, 0.5) is 32.0 Å². The Balaban J connectivity index is 1.24. The summed E-state index contributed by atoms with van der Waals surface area (Å²) in [6, 6.07) is 15.8. The van der Waals surface area contributed by atoms with E-state index in [4.69, 9.17) is 12.2 Å². The van der Waals surface area contributed by atoms with E-state index in [2.05, 4.69) is 25.2 Å². The molecule has 0 bridgehead atoms. The van der Waals surface area contributed by atoms with Gasteiger partial charge in [-0.25, -0.2) is 14.7 Å². The van der Waals surface area contributed by atoms with E-state index in [1.165, 1.54) is 47.4 Å². The zero-order valence-corrected chi connectivity index (χ0v) is 26.4. The quantitative estimate of drug-likeness (QED) is 0.125. The van der Waals surface area contributed by atoms with Crippen molar-refractivity contribution in [2.45, 2.75) is 32.4 Å². The molecule has 1 N–H and O–H groups in total. The molecule has 1 aromatic heterocycles. The summed E-state index contributed by atoms with van der Waals surface area (Å²) in [5, 5.41) is 6.06. The Hall–Kier alpha value is -4.48. The maximum Gasteiger partial charge on any atom is 0.573 e. The van der Waals surface area contributed by atoms with Gasteiger partial charge >= 0.3 is 12.5 Å². The topological polar surface area (TPSA) is 87.9 Å². The van der Waals surface area contributed by atoms with Crippen LogP contribution in [0.3, 0.4) is 0 Å². The van der Waals surface area contributed by atoms with Crippen molar-refractivity contribution in [3.05, 3.63) is 89.7 Å². The number of benzene rings is 3. The van der Waals surface area contributed by atoms with Crippen LogP contribution in [-0.2, 0) is 11.0 Å². The molecular formula is C30H25F6N7O2S2. The molecule has 0 aliphatic carbocycles. The molecule has 9 nitrogen and oxygen atoms in total. The van der Waals surface area contributed by atoms with Crippen molar-refractivity contribution in [1.29, 1.82) is 0 Å². The van der Waals surface area contributed by atoms with E-state index in [0.29, 0.717) is 22.6 Å². The third kappa shape index (κ3) is 8.09. The first-order valence-electron chi connectivity index (χ1n) is 13.7. The van der Waals surface area contributed by atoms with E-state index in [0.717, 1.165) is 28.3 Å². The molecule has 5 rings (SSSR count). The van der Waals surface area contributed by atoms with E-state index in [1.807, 2.05) is 19.1 Å². The van der Waals surface area contributed by atoms with Crippen molar-refractivity contribution in [3.63, 3.8) is 0 Å². The van der Waals surface area contributed by atoms with Gasteiger partial charge in [0.1, 0.15) is 12.1 Å². The number of amidine groups is 1. The molecule has 47 heavy (non-hydrogen) atoms. The molecule has 0 radical (unpaired) electrons. The highest BCUT2D eigenvalue weighted by Gasteiger charge is 2.40. The van der Waals surface area contributed by atoms with Gasteiger partial charge in [0, 0.05) is 12.6 Å². The predicted molar refractivity (Wildman–Crippen MR) is 169 cm³/mol. The number of amides is 1. The van der Waals surface area contributed by atoms with E-state index in [-0.39, 0.29) is 33.5 Å². The summed E-state index contributed by atoms with van der Waals surface area (Å²) in [5.74, 6) is -0.585. The van der Waals surface area contributed by atoms with E-state index >= 15 is 0 Å². The van der Waals surface area contributed by atoms with Gasteiger partial charge < -0.3 is 4.74 Å². The molecular weight excluding hydrogens is 668 g/mol. The van der Waals surface area contributed by atoms with Gasteiger partial charge in [0.05, 0.1) is 28.7 Å². The minimum absolute atomic E-state index is 0.0338. The number of nitrogens with one attached hydrogen (secondary N) is 1. The zero-order chi connectivity index (χ0) is 34.1. The monoisotopic (exact) mass is 693 g/mol. The Labute approximate surface area is 274 Å². The van der Waals surface area contributed by atoms with Crippen molar-refractivity contribution in [1.82, 2.24) is 25.2 Å². The van der Waals surface area contributed by atoms with Crippen molar-refractivity contribution in [2.24, 2.45) is 4.99 Å². The summed E-state index contributed by atoms with van der Waals surface area (Å²) >= 11 is 6.37. The van der Waals surface area contributed by atoms with Crippen LogP contribution in [-0.4, -0.2) is 55.1 Å². The standard InChI is InChI=1S/C30H25F6N7O2S2/c1-17-4-13-23(29(31,32)33)24(14-17)43-25(44)15-47-28(43)38-27(46)40-41(3)18(2)19-5-7-20(8-6-19)26-37-16-42(39-26)21-9-11-22(12-10-21)45-30(34,35)36/h4-14,16,18H,15H2,1-3H3,(H,40,46)/b38-28-. The van der Waals surface area contributed by atoms with Crippen LogP contribution in [0, 0.1) is 6.92 Å². The van der Waals surface area contributed by atoms with Crippen molar-refractivity contribution >= 4 is 45.9 Å². The Morgan fingerprint density at radius 1 is 1.06 bits per heavy atom. The summed E-state index contributed by atoms with van der Waals surface area (Å²) in [4.78, 5) is 22.2. The summed E-state index contributed by atoms with van der Waals surface area (Å²) in [6.07, 6.45) is -8.03. The molecule has 1 aliphatic rings. The fourth-order valence-electron chi connectivity index (χ4n) is 4.56. The average molecular weight is 694 g/mol. The van der Waals surface area contributed by atoms with Crippen LogP contribution in [0.5, 0.6) is 5.75 Å². The third-order valence-corrected chi connectivity index (χ3v) is 8.10. The van der Waals surface area contributed by atoms with Gasteiger partial charge in [-0.1, -0.05) is 42.1 Å². The number of aliphatic imine (C=N–C) groups is 1. The van der Waals surface area contributed by atoms with Crippen LogP contribution in [0.25, 0.3) is 17.1 Å². The number of aryl methyl sites for hydroxylation is 1. The lowest BCUT2D eigenvalue weighted by Gasteiger charge is -2.26. The van der Waals surface area contributed by atoms with Crippen molar-refractivity contribution in [3.8, 4) is 22.8 Å². The Morgan fingerprint density at radius 2 is 1.74 bits per heavy atom. The number of alkyl halides is 6. The number of hydrogen-bond acceptors (Lipinski definition) is 7. The first kappa shape index (κ1) is 33.9. The number of carbonyl (C=O) groups excluding carboxylic acids is 1. The van der Waals surface area contributed by atoms with Crippen molar-refractivity contribution in [2.75, 3.05) is 17.7 Å². The second-order valence-corrected chi connectivity index (χ2v) is 11.6. The number of hydrogen-bond donors (Lipinski definition) is 1. The molecule has 1 amide bonds. The average Bonchev–Trinajstić information content (AvgIpc) is 3.62. The number of aromatic nitrogens is 3. The number of halogens is 6. The summed E-state index contributed by atoms with van der Waals surface area (Å²) < 4.78 is 83.8. The lowest BCUT2D eigenvalue weighted by molar-refractivity contribution is -0.274. The molecule has 1 saturated heterocycles. The van der Waals surface area contributed by atoms with Gasteiger partial charge in [0.25, 0.3) is 0 Å². The molecule has 4 aromatic rings. The van der Waals surface area contributed by atoms with Gasteiger partial charge in [0.2, 0.25) is 11.0 Å². The van der Waals surface area contributed by atoms with E-state index in [9.17, 15) is 31.1 Å². The summed E-state index contributed by atoms with van der Waals surface area (Å²) in [7, 11) is 1.71. The molecule has 17 heteroatoms. The molecule has 1 atom stereocenters. The largest absolute Gasteiger partial charge is 0.573 e. The molecule has 246 valence electrons. The minimum Gasteiger partial charge on any atom is -0.406 e. The third-order valence-electron chi connectivity index (χ3n) is 6.99. The lowest BCUT2D eigenvalue weighted by atomic mass is 10.1. The van der Waals surface area contributed by atoms with Gasteiger partial charge in [-0.15, -0.1) is 18.3 Å². The van der Waals surface area contributed by atoms with Crippen LogP contribution >= 0.6 is 24.0 Å². The second kappa shape index (κ2) is 13.3. The number of ether oxygens (including phenoxy) is 1. The van der Waals surface area contributed by atoms with E-state index < -0.39 is 24.0 Å². The highest BCUT2D eigenvalue weighted by Crippen LogP contribution is 2.40. The highest BCUT2D eigenvalue weighted by atomic mass is 32.2. The van der Waals surface area contributed by atoms with Crippen molar-refractivity contribution < 1.29 is 35.9 Å². The van der Waals surface area contributed by atoms with Gasteiger partial charge in [-0.2, -0.15) is 18.2 Å². The first-order chi connectivity index (χ1) is 22.1. The first-order valence-corrected chi connectivity index (χ1v) is 15.1. The second-order valence-electron chi connectivity index (χ2n) is 10.3.